The van der Waals surface area contributed by atoms with Crippen LogP contribution >= 0.6 is 0 Å². The number of rotatable bonds is 4. The molecule has 0 spiro atoms. The Balaban J connectivity index is 2.71. The van der Waals surface area contributed by atoms with Crippen LogP contribution in [0.1, 0.15) is 19.4 Å². The van der Waals surface area contributed by atoms with Crippen LogP contribution in [0.25, 0.3) is 10.9 Å². The number of nitrogens with zero attached hydrogens (tertiary/aromatic N) is 3. The quantitative estimate of drug-likeness (QED) is 0.922. The predicted octanol–water partition coefficient (Wildman–Crippen LogP) is 2.41. The molecule has 2 rings (SSSR count). The molecule has 0 aliphatic carbocycles. The number of benzene rings is 1. The number of hydrogen-bond donors (Lipinski definition) is 1. The second-order valence-corrected chi connectivity index (χ2v) is 4.76. The highest BCUT2D eigenvalue weighted by atomic mass is 16.4. The summed E-state index contributed by atoms with van der Waals surface area (Å²) in [6.45, 7) is 3.65. The lowest BCUT2D eigenvalue weighted by Crippen LogP contribution is -2.36. The third-order valence-corrected chi connectivity index (χ3v) is 3.08. The average Bonchev–Trinajstić information content (AvgIpc) is 2.43. The molecule has 1 N–H and O–H groups in total. The molecule has 0 aliphatic rings. The van der Waals surface area contributed by atoms with Crippen molar-refractivity contribution in [2.24, 2.45) is 0 Å². The zero-order chi connectivity index (χ0) is 14.7. The maximum atomic E-state index is 11.1. The molecule has 0 unspecified atom stereocenters. The third kappa shape index (κ3) is 2.54. The van der Waals surface area contributed by atoms with Gasteiger partial charge in [-0.15, -0.1) is 0 Å². The van der Waals surface area contributed by atoms with Gasteiger partial charge in [0, 0.05) is 17.6 Å². The van der Waals surface area contributed by atoms with Crippen molar-refractivity contribution in [1.82, 2.24) is 4.98 Å². The molecular formula is C15H15N3O2. The highest BCUT2D eigenvalue weighted by Crippen LogP contribution is 2.30. The Labute approximate surface area is 117 Å². The van der Waals surface area contributed by atoms with E-state index in [4.69, 9.17) is 5.11 Å². The molecule has 102 valence electrons. The third-order valence-electron chi connectivity index (χ3n) is 3.08. The molecule has 1 aromatic carbocycles. The maximum Gasteiger partial charge on any atom is 0.323 e. The molecule has 0 fully saturated rings. The van der Waals surface area contributed by atoms with Gasteiger partial charge in [0.1, 0.15) is 12.6 Å². The first kappa shape index (κ1) is 13.8. The van der Waals surface area contributed by atoms with Crippen molar-refractivity contribution in [1.29, 1.82) is 5.26 Å². The maximum absolute atomic E-state index is 11.1. The van der Waals surface area contributed by atoms with Gasteiger partial charge >= 0.3 is 5.97 Å². The Kier molecular flexibility index (Phi) is 3.85. The van der Waals surface area contributed by atoms with Crippen LogP contribution in [0.3, 0.4) is 0 Å². The zero-order valence-corrected chi connectivity index (χ0v) is 11.4. The fourth-order valence-electron chi connectivity index (χ4n) is 2.18. The number of carboxylic acids is 1. The van der Waals surface area contributed by atoms with Crippen LogP contribution in [0.4, 0.5) is 5.69 Å². The van der Waals surface area contributed by atoms with Crippen LogP contribution in [0, 0.1) is 11.3 Å². The predicted molar refractivity (Wildman–Crippen MR) is 76.6 cm³/mol. The largest absolute Gasteiger partial charge is 0.480 e. The number of pyridine rings is 1. The standard InChI is InChI=1S/C15H15N3O2/c1-10(2)18(9-14(19)20)15-11(7-16)8-17-13-6-4-3-5-12(13)15/h3-6,8,10H,9H2,1-2H3,(H,19,20). The van der Waals surface area contributed by atoms with Crippen molar-refractivity contribution in [3.05, 3.63) is 36.0 Å². The molecule has 5 nitrogen and oxygen atoms in total. The van der Waals surface area contributed by atoms with Crippen molar-refractivity contribution < 1.29 is 9.90 Å². The number of carboxylic acid groups (broad SMARTS) is 1. The molecule has 0 radical (unpaired) electrons. The van der Waals surface area contributed by atoms with Gasteiger partial charge in [-0.1, -0.05) is 18.2 Å². The zero-order valence-electron chi connectivity index (χ0n) is 11.4. The summed E-state index contributed by atoms with van der Waals surface area (Å²) in [6, 6.07) is 9.48. The van der Waals surface area contributed by atoms with Crippen LogP contribution in [-0.4, -0.2) is 28.6 Å². The minimum atomic E-state index is -0.927. The summed E-state index contributed by atoms with van der Waals surface area (Å²) in [5.41, 5.74) is 1.77. The monoisotopic (exact) mass is 269 g/mol. The second kappa shape index (κ2) is 5.57. The van der Waals surface area contributed by atoms with Gasteiger partial charge in [-0.3, -0.25) is 9.78 Å². The first-order valence-electron chi connectivity index (χ1n) is 6.31. The number of carbonyl (C=O) groups is 1. The van der Waals surface area contributed by atoms with E-state index in [-0.39, 0.29) is 12.6 Å². The van der Waals surface area contributed by atoms with Crippen LogP contribution < -0.4 is 4.90 Å². The number of para-hydroxylation sites is 1. The summed E-state index contributed by atoms with van der Waals surface area (Å²) in [5.74, 6) is -0.927. The first-order chi connectivity index (χ1) is 9.54. The molecule has 5 heteroatoms. The van der Waals surface area contributed by atoms with Gasteiger partial charge in [-0.25, -0.2) is 0 Å². The van der Waals surface area contributed by atoms with Crippen molar-refractivity contribution in [3.8, 4) is 6.07 Å². The minimum Gasteiger partial charge on any atom is -0.480 e. The highest BCUT2D eigenvalue weighted by Gasteiger charge is 2.20. The van der Waals surface area contributed by atoms with E-state index in [0.717, 1.165) is 10.9 Å². The number of fused-ring (bicyclic) bond motifs is 1. The number of hydrogen-bond acceptors (Lipinski definition) is 4. The Morgan fingerprint density at radius 2 is 2.15 bits per heavy atom. The Morgan fingerprint density at radius 1 is 1.45 bits per heavy atom. The van der Waals surface area contributed by atoms with Crippen molar-refractivity contribution in [2.45, 2.75) is 19.9 Å². The summed E-state index contributed by atoms with van der Waals surface area (Å²) >= 11 is 0. The fraction of sp³-hybridized carbons (Fsp3) is 0.267. The van der Waals surface area contributed by atoms with E-state index in [9.17, 15) is 10.1 Å². The number of aliphatic carboxylic acids is 1. The first-order valence-corrected chi connectivity index (χ1v) is 6.31. The summed E-state index contributed by atoms with van der Waals surface area (Å²) in [4.78, 5) is 17.0. The van der Waals surface area contributed by atoms with Gasteiger partial charge in [0.05, 0.1) is 16.8 Å². The SMILES string of the molecule is CC(C)N(CC(=O)O)c1c(C#N)cnc2ccccc12. The van der Waals surface area contributed by atoms with E-state index >= 15 is 0 Å². The molecular weight excluding hydrogens is 254 g/mol. The second-order valence-electron chi connectivity index (χ2n) is 4.76. The highest BCUT2D eigenvalue weighted by molar-refractivity contribution is 5.95. The van der Waals surface area contributed by atoms with Crippen LogP contribution in [-0.2, 0) is 4.79 Å². The van der Waals surface area contributed by atoms with Gasteiger partial charge in [0.2, 0.25) is 0 Å². The van der Waals surface area contributed by atoms with E-state index in [1.54, 1.807) is 4.90 Å². The Bertz CT molecular complexity index is 689. The van der Waals surface area contributed by atoms with E-state index in [1.807, 2.05) is 38.1 Å². The summed E-state index contributed by atoms with van der Waals surface area (Å²) in [5, 5.41) is 19.2. The lowest BCUT2D eigenvalue weighted by Gasteiger charge is -2.29. The summed E-state index contributed by atoms with van der Waals surface area (Å²) in [6.07, 6.45) is 1.49. The van der Waals surface area contributed by atoms with Gasteiger partial charge in [-0.05, 0) is 19.9 Å². The summed E-state index contributed by atoms with van der Waals surface area (Å²) in [7, 11) is 0. The molecule has 0 amide bonds. The Hall–Kier alpha value is -2.61. The molecule has 0 atom stereocenters. The minimum absolute atomic E-state index is 0.0380. The number of anilines is 1. The molecule has 0 saturated heterocycles. The van der Waals surface area contributed by atoms with Crippen LogP contribution in [0.2, 0.25) is 0 Å². The molecule has 0 bridgehead atoms. The molecule has 2 aromatic rings. The molecule has 0 aliphatic heterocycles. The lowest BCUT2D eigenvalue weighted by atomic mass is 10.1. The van der Waals surface area contributed by atoms with Crippen molar-refractivity contribution in [3.63, 3.8) is 0 Å². The smallest absolute Gasteiger partial charge is 0.323 e. The van der Waals surface area contributed by atoms with Gasteiger partial charge in [-0.2, -0.15) is 5.26 Å². The molecule has 0 saturated carbocycles. The normalized spacial score (nSPS) is 10.5. The van der Waals surface area contributed by atoms with Gasteiger partial charge in [0.25, 0.3) is 0 Å². The summed E-state index contributed by atoms with van der Waals surface area (Å²) < 4.78 is 0. The molecule has 1 heterocycles. The fourth-order valence-corrected chi connectivity index (χ4v) is 2.18. The average molecular weight is 269 g/mol. The van der Waals surface area contributed by atoms with Crippen molar-refractivity contribution in [2.75, 3.05) is 11.4 Å². The topological polar surface area (TPSA) is 77.2 Å². The molecule has 20 heavy (non-hydrogen) atoms. The van der Waals surface area contributed by atoms with Crippen LogP contribution in [0.5, 0.6) is 0 Å². The Morgan fingerprint density at radius 3 is 2.75 bits per heavy atom. The lowest BCUT2D eigenvalue weighted by molar-refractivity contribution is -0.135. The van der Waals surface area contributed by atoms with E-state index in [1.165, 1.54) is 6.20 Å². The van der Waals surface area contributed by atoms with E-state index < -0.39 is 5.97 Å². The van der Waals surface area contributed by atoms with Crippen LogP contribution in [0.15, 0.2) is 30.5 Å². The van der Waals surface area contributed by atoms with Gasteiger partial charge < -0.3 is 10.0 Å². The number of aromatic nitrogens is 1. The van der Waals surface area contributed by atoms with Gasteiger partial charge in [0.15, 0.2) is 0 Å². The molecule has 1 aromatic heterocycles. The van der Waals surface area contributed by atoms with Crippen molar-refractivity contribution >= 4 is 22.6 Å². The van der Waals surface area contributed by atoms with E-state index in [2.05, 4.69) is 11.1 Å². The number of nitriles is 1. The van der Waals surface area contributed by atoms with E-state index in [0.29, 0.717) is 11.3 Å².